The fourth-order valence-corrected chi connectivity index (χ4v) is 2.31. The molecular formula is C14H21N3O. The minimum Gasteiger partial charge on any atom is -0.351 e. The highest BCUT2D eigenvalue weighted by molar-refractivity contribution is 5.77. The maximum Gasteiger partial charge on any atom is 0.234 e. The molecule has 2 N–H and O–H groups in total. The largest absolute Gasteiger partial charge is 0.351 e. The van der Waals surface area contributed by atoms with E-state index in [2.05, 4.69) is 15.6 Å². The average Bonchev–Trinajstić information content (AvgIpc) is 2.45. The van der Waals surface area contributed by atoms with Crippen LogP contribution in [0.25, 0.3) is 0 Å². The summed E-state index contributed by atoms with van der Waals surface area (Å²) >= 11 is 0. The lowest BCUT2D eigenvalue weighted by Crippen LogP contribution is -2.39. The molecule has 1 heterocycles. The van der Waals surface area contributed by atoms with E-state index in [0.717, 1.165) is 5.56 Å². The summed E-state index contributed by atoms with van der Waals surface area (Å²) in [5.41, 5.74) is 1.03. The maximum atomic E-state index is 11.7. The van der Waals surface area contributed by atoms with Crippen molar-refractivity contribution in [1.29, 1.82) is 0 Å². The number of carbonyl (C=O) groups excluding carboxylic acids is 1. The van der Waals surface area contributed by atoms with E-state index in [0.29, 0.717) is 19.1 Å². The molecule has 1 aliphatic carbocycles. The third-order valence-electron chi connectivity index (χ3n) is 3.37. The molecule has 0 unspecified atom stereocenters. The molecule has 0 radical (unpaired) electrons. The Labute approximate surface area is 108 Å². The summed E-state index contributed by atoms with van der Waals surface area (Å²) in [6, 6.07) is 4.37. The van der Waals surface area contributed by atoms with Crippen LogP contribution >= 0.6 is 0 Å². The van der Waals surface area contributed by atoms with Gasteiger partial charge in [0.15, 0.2) is 0 Å². The number of pyridine rings is 1. The number of hydrogen-bond donors (Lipinski definition) is 2. The van der Waals surface area contributed by atoms with Gasteiger partial charge in [-0.3, -0.25) is 9.78 Å². The van der Waals surface area contributed by atoms with Crippen LogP contribution in [-0.4, -0.2) is 23.5 Å². The van der Waals surface area contributed by atoms with Gasteiger partial charge in [0, 0.05) is 25.0 Å². The van der Waals surface area contributed by atoms with Crippen molar-refractivity contribution >= 4 is 5.91 Å². The first kappa shape index (κ1) is 13.0. The van der Waals surface area contributed by atoms with Gasteiger partial charge in [0.2, 0.25) is 5.91 Å². The first-order chi connectivity index (χ1) is 8.84. The van der Waals surface area contributed by atoms with Crippen LogP contribution in [0.3, 0.4) is 0 Å². The summed E-state index contributed by atoms with van der Waals surface area (Å²) < 4.78 is 0. The Balaban J connectivity index is 1.63. The third-order valence-corrected chi connectivity index (χ3v) is 3.37. The summed E-state index contributed by atoms with van der Waals surface area (Å²) in [5.74, 6) is 0.0597. The van der Waals surface area contributed by atoms with Crippen molar-refractivity contribution in [1.82, 2.24) is 15.6 Å². The molecule has 1 amide bonds. The van der Waals surface area contributed by atoms with Crippen molar-refractivity contribution < 1.29 is 4.79 Å². The van der Waals surface area contributed by atoms with E-state index < -0.39 is 0 Å². The van der Waals surface area contributed by atoms with Crippen LogP contribution < -0.4 is 10.6 Å². The van der Waals surface area contributed by atoms with E-state index in [1.807, 2.05) is 12.1 Å². The van der Waals surface area contributed by atoms with Gasteiger partial charge in [-0.1, -0.05) is 25.3 Å². The molecule has 4 heteroatoms. The monoisotopic (exact) mass is 247 g/mol. The van der Waals surface area contributed by atoms with Crippen LogP contribution in [0.15, 0.2) is 24.5 Å². The zero-order valence-electron chi connectivity index (χ0n) is 10.7. The molecule has 1 aromatic rings. The molecule has 18 heavy (non-hydrogen) atoms. The van der Waals surface area contributed by atoms with Crippen LogP contribution in [0.4, 0.5) is 0 Å². The number of rotatable bonds is 5. The van der Waals surface area contributed by atoms with Gasteiger partial charge in [-0.15, -0.1) is 0 Å². The van der Waals surface area contributed by atoms with Crippen molar-refractivity contribution in [2.24, 2.45) is 0 Å². The van der Waals surface area contributed by atoms with E-state index in [1.165, 1.54) is 32.1 Å². The standard InChI is InChI=1S/C14H21N3O/c18-14(11-16-13-6-2-1-3-7-13)17-10-12-5-4-8-15-9-12/h4-5,8-9,13,16H,1-3,6-7,10-11H2,(H,17,18). The molecule has 1 fully saturated rings. The lowest BCUT2D eigenvalue weighted by atomic mass is 9.95. The van der Waals surface area contributed by atoms with Gasteiger partial charge in [-0.2, -0.15) is 0 Å². The van der Waals surface area contributed by atoms with E-state index in [4.69, 9.17) is 0 Å². The second-order valence-electron chi connectivity index (χ2n) is 4.85. The molecule has 0 aliphatic heterocycles. The van der Waals surface area contributed by atoms with Crippen LogP contribution in [0.2, 0.25) is 0 Å². The fourth-order valence-electron chi connectivity index (χ4n) is 2.31. The van der Waals surface area contributed by atoms with E-state index in [1.54, 1.807) is 12.4 Å². The minimum absolute atomic E-state index is 0.0597. The highest BCUT2D eigenvalue weighted by Gasteiger charge is 2.13. The zero-order chi connectivity index (χ0) is 12.6. The zero-order valence-corrected chi connectivity index (χ0v) is 10.7. The summed E-state index contributed by atoms with van der Waals surface area (Å²) in [6.45, 7) is 0.976. The summed E-state index contributed by atoms with van der Waals surface area (Å²) in [7, 11) is 0. The van der Waals surface area contributed by atoms with Gasteiger partial charge in [-0.25, -0.2) is 0 Å². The van der Waals surface area contributed by atoms with Gasteiger partial charge in [-0.05, 0) is 24.5 Å². The Bertz CT molecular complexity index is 361. The Morgan fingerprint density at radius 1 is 1.33 bits per heavy atom. The molecule has 1 saturated carbocycles. The highest BCUT2D eigenvalue weighted by atomic mass is 16.1. The van der Waals surface area contributed by atoms with Crippen molar-refractivity contribution in [2.75, 3.05) is 6.54 Å². The van der Waals surface area contributed by atoms with Crippen molar-refractivity contribution in [2.45, 2.75) is 44.7 Å². The Hall–Kier alpha value is -1.42. The number of aromatic nitrogens is 1. The smallest absolute Gasteiger partial charge is 0.234 e. The van der Waals surface area contributed by atoms with E-state index >= 15 is 0 Å². The molecule has 1 aromatic heterocycles. The number of hydrogen-bond acceptors (Lipinski definition) is 3. The number of amides is 1. The molecule has 0 spiro atoms. The lowest BCUT2D eigenvalue weighted by Gasteiger charge is -2.22. The van der Waals surface area contributed by atoms with Gasteiger partial charge in [0.1, 0.15) is 0 Å². The van der Waals surface area contributed by atoms with Crippen LogP contribution in [-0.2, 0) is 11.3 Å². The Morgan fingerprint density at radius 3 is 2.89 bits per heavy atom. The number of nitrogens with zero attached hydrogens (tertiary/aromatic N) is 1. The number of nitrogens with one attached hydrogen (secondary N) is 2. The molecule has 2 rings (SSSR count). The van der Waals surface area contributed by atoms with E-state index in [9.17, 15) is 4.79 Å². The molecule has 4 nitrogen and oxygen atoms in total. The third kappa shape index (κ3) is 4.45. The molecule has 0 aromatic carbocycles. The quantitative estimate of drug-likeness (QED) is 0.831. The Morgan fingerprint density at radius 2 is 2.17 bits per heavy atom. The van der Waals surface area contributed by atoms with E-state index in [-0.39, 0.29) is 5.91 Å². The minimum atomic E-state index is 0.0597. The lowest BCUT2D eigenvalue weighted by molar-refractivity contribution is -0.120. The fraction of sp³-hybridized carbons (Fsp3) is 0.571. The van der Waals surface area contributed by atoms with Crippen LogP contribution in [0.1, 0.15) is 37.7 Å². The van der Waals surface area contributed by atoms with Crippen LogP contribution in [0, 0.1) is 0 Å². The van der Waals surface area contributed by atoms with Gasteiger partial charge in [0.05, 0.1) is 6.54 Å². The van der Waals surface area contributed by atoms with Crippen molar-refractivity contribution in [3.63, 3.8) is 0 Å². The first-order valence-electron chi connectivity index (χ1n) is 6.73. The van der Waals surface area contributed by atoms with Crippen molar-refractivity contribution in [3.05, 3.63) is 30.1 Å². The topological polar surface area (TPSA) is 54.0 Å². The summed E-state index contributed by atoms with van der Waals surface area (Å²) in [5, 5.41) is 6.23. The SMILES string of the molecule is O=C(CNC1CCCCC1)NCc1cccnc1. The molecule has 0 saturated heterocycles. The van der Waals surface area contributed by atoms with Gasteiger partial charge >= 0.3 is 0 Å². The molecule has 98 valence electrons. The predicted molar refractivity (Wildman–Crippen MR) is 71.0 cm³/mol. The first-order valence-corrected chi connectivity index (χ1v) is 6.73. The molecular weight excluding hydrogens is 226 g/mol. The summed E-state index contributed by atoms with van der Waals surface area (Å²) in [4.78, 5) is 15.7. The second kappa shape index (κ2) is 7.11. The second-order valence-corrected chi connectivity index (χ2v) is 4.85. The Kier molecular flexibility index (Phi) is 5.15. The molecule has 0 atom stereocenters. The predicted octanol–water partition coefficient (Wildman–Crippen LogP) is 1.62. The number of carbonyl (C=O) groups is 1. The highest BCUT2D eigenvalue weighted by Crippen LogP contribution is 2.16. The maximum absolute atomic E-state index is 11.7. The van der Waals surface area contributed by atoms with Crippen molar-refractivity contribution in [3.8, 4) is 0 Å². The van der Waals surface area contributed by atoms with Crippen LogP contribution in [0.5, 0.6) is 0 Å². The van der Waals surface area contributed by atoms with Gasteiger partial charge in [0.25, 0.3) is 0 Å². The van der Waals surface area contributed by atoms with Gasteiger partial charge < -0.3 is 10.6 Å². The average molecular weight is 247 g/mol. The molecule has 1 aliphatic rings. The normalized spacial score (nSPS) is 16.4. The summed E-state index contributed by atoms with van der Waals surface area (Å²) in [6.07, 6.45) is 9.83. The molecule has 0 bridgehead atoms.